The number of benzene rings is 2. The second-order valence-electron chi connectivity index (χ2n) is 7.30. The first kappa shape index (κ1) is 25.8. The number of hydrogen-bond acceptors (Lipinski definition) is 5. The van der Waals surface area contributed by atoms with E-state index in [1.54, 1.807) is 6.92 Å². The van der Waals surface area contributed by atoms with E-state index in [4.69, 9.17) is 32.7 Å². The number of phenols is 1. The fourth-order valence-corrected chi connectivity index (χ4v) is 3.94. The summed E-state index contributed by atoms with van der Waals surface area (Å²) >= 11 is 12.3. The number of phenolic OH excluding ortho intramolecular Hbond substituents is 1. The molecule has 2 rings (SSSR count). The highest BCUT2D eigenvalue weighted by molar-refractivity contribution is 6.36. The molecule has 0 fully saturated rings. The summed E-state index contributed by atoms with van der Waals surface area (Å²) in [5.74, 6) is -1.77. The number of nitrogens with zero attached hydrogens (tertiary/aromatic N) is 1. The van der Waals surface area contributed by atoms with E-state index in [1.807, 2.05) is 6.07 Å². The van der Waals surface area contributed by atoms with Crippen LogP contribution >= 0.6 is 23.2 Å². The maximum atomic E-state index is 15.3. The van der Waals surface area contributed by atoms with Crippen molar-refractivity contribution in [2.45, 2.75) is 58.8 Å². The van der Waals surface area contributed by atoms with Crippen LogP contribution in [-0.2, 0) is 11.2 Å². The largest absolute Gasteiger partial charge is 0.513 e. The lowest BCUT2D eigenvalue weighted by molar-refractivity contribution is 0.104. The molecule has 172 valence electrons. The number of aryl methyl sites for hydroxylation is 1. The van der Waals surface area contributed by atoms with Gasteiger partial charge in [-0.25, -0.2) is 9.18 Å². The Morgan fingerprint density at radius 1 is 1.12 bits per heavy atom. The lowest BCUT2D eigenvalue weighted by Gasteiger charge is -2.16. The molecular formula is C24H26Cl2FNO4. The molecule has 2 aromatic rings. The number of nitriles is 1. The first-order chi connectivity index (χ1) is 15.3. The van der Waals surface area contributed by atoms with Crippen molar-refractivity contribution in [3.05, 3.63) is 45.2 Å². The Hall–Kier alpha value is -2.49. The molecular weight excluding hydrogens is 456 g/mol. The van der Waals surface area contributed by atoms with Crippen molar-refractivity contribution in [2.75, 3.05) is 6.61 Å². The third kappa shape index (κ3) is 6.51. The van der Waals surface area contributed by atoms with Gasteiger partial charge in [-0.1, -0.05) is 62.2 Å². The van der Waals surface area contributed by atoms with Crippen LogP contribution in [0.5, 0.6) is 11.5 Å². The molecule has 0 aliphatic heterocycles. The van der Waals surface area contributed by atoms with Gasteiger partial charge in [0.25, 0.3) is 0 Å². The minimum absolute atomic E-state index is 0.0340. The highest BCUT2D eigenvalue weighted by atomic mass is 35.5. The maximum absolute atomic E-state index is 15.3. The van der Waals surface area contributed by atoms with Gasteiger partial charge in [-0.2, -0.15) is 5.26 Å². The molecule has 0 aliphatic carbocycles. The van der Waals surface area contributed by atoms with Crippen molar-refractivity contribution in [1.29, 1.82) is 5.26 Å². The van der Waals surface area contributed by atoms with Crippen LogP contribution in [0, 0.1) is 17.1 Å². The van der Waals surface area contributed by atoms with E-state index in [1.165, 1.54) is 24.6 Å². The van der Waals surface area contributed by atoms with Gasteiger partial charge in [0, 0.05) is 16.1 Å². The van der Waals surface area contributed by atoms with Gasteiger partial charge in [-0.05, 0) is 43.5 Å². The van der Waals surface area contributed by atoms with E-state index >= 15 is 4.39 Å². The summed E-state index contributed by atoms with van der Waals surface area (Å²) in [7, 11) is 0. The number of hydrogen-bond donors (Lipinski definition) is 1. The normalized spacial score (nSPS) is 10.6. The summed E-state index contributed by atoms with van der Waals surface area (Å²) < 4.78 is 25.3. The standard InChI is InChI=1S/C24H26Cl2FNO4/c1-3-5-6-7-8-9-10-15-11-16(14-28)20(21(27)22(15)29)18-12-17(25)13-19(26)23(18)32-24(30)31-4-2/h11-13,29H,3-10H2,1-2H3. The van der Waals surface area contributed by atoms with Crippen LogP contribution in [0.25, 0.3) is 11.1 Å². The van der Waals surface area contributed by atoms with Crippen molar-refractivity contribution in [3.8, 4) is 28.7 Å². The molecule has 2 aromatic carbocycles. The summed E-state index contributed by atoms with van der Waals surface area (Å²) in [6.45, 7) is 3.80. The van der Waals surface area contributed by atoms with Crippen LogP contribution in [0.2, 0.25) is 10.0 Å². The molecule has 0 aromatic heterocycles. The van der Waals surface area contributed by atoms with Gasteiger partial charge >= 0.3 is 6.16 Å². The Morgan fingerprint density at radius 2 is 1.81 bits per heavy atom. The molecule has 0 aliphatic rings. The maximum Gasteiger partial charge on any atom is 0.513 e. The lowest BCUT2D eigenvalue weighted by Crippen LogP contribution is -2.11. The molecule has 5 nitrogen and oxygen atoms in total. The third-order valence-corrected chi connectivity index (χ3v) is 5.46. The Labute approximate surface area is 197 Å². The molecule has 0 unspecified atom stereocenters. The first-order valence-electron chi connectivity index (χ1n) is 10.6. The van der Waals surface area contributed by atoms with E-state index in [9.17, 15) is 15.2 Å². The predicted molar refractivity (Wildman–Crippen MR) is 123 cm³/mol. The van der Waals surface area contributed by atoms with Crippen LogP contribution < -0.4 is 4.74 Å². The number of unbranched alkanes of at least 4 members (excludes halogenated alkanes) is 5. The predicted octanol–water partition coefficient (Wildman–Crippen LogP) is 7.82. The zero-order chi connectivity index (χ0) is 23.7. The van der Waals surface area contributed by atoms with Crippen molar-refractivity contribution in [1.82, 2.24) is 0 Å². The monoisotopic (exact) mass is 481 g/mol. The SMILES string of the molecule is CCCCCCCCc1cc(C#N)c(-c2cc(Cl)cc(Cl)c2OC(=O)OCC)c(F)c1O. The van der Waals surface area contributed by atoms with Crippen LogP contribution in [-0.4, -0.2) is 17.9 Å². The topological polar surface area (TPSA) is 79.5 Å². The molecule has 0 bridgehead atoms. The zero-order valence-electron chi connectivity index (χ0n) is 18.1. The van der Waals surface area contributed by atoms with Gasteiger partial charge in [0.2, 0.25) is 0 Å². The molecule has 8 heteroatoms. The van der Waals surface area contributed by atoms with Crippen LogP contribution in [0.3, 0.4) is 0 Å². The van der Waals surface area contributed by atoms with Crippen LogP contribution in [0.1, 0.15) is 63.5 Å². The van der Waals surface area contributed by atoms with Crippen molar-refractivity contribution in [2.24, 2.45) is 0 Å². The fraction of sp³-hybridized carbons (Fsp3) is 0.417. The highest BCUT2D eigenvalue weighted by Gasteiger charge is 2.25. The summed E-state index contributed by atoms with van der Waals surface area (Å²) in [6, 6.07) is 6.03. The Morgan fingerprint density at radius 3 is 2.47 bits per heavy atom. The minimum atomic E-state index is -1.04. The minimum Gasteiger partial charge on any atom is -0.505 e. The average molecular weight is 482 g/mol. The van der Waals surface area contributed by atoms with Crippen molar-refractivity contribution < 1.29 is 23.8 Å². The Bertz CT molecular complexity index is 1000. The molecule has 1 N–H and O–H groups in total. The summed E-state index contributed by atoms with van der Waals surface area (Å²) in [5, 5.41) is 20.3. The molecule has 0 heterocycles. The number of aromatic hydroxyl groups is 1. The van der Waals surface area contributed by atoms with E-state index in [2.05, 4.69) is 6.92 Å². The second-order valence-corrected chi connectivity index (χ2v) is 8.14. The Kier molecular flexibility index (Phi) is 10.1. The van der Waals surface area contributed by atoms with Gasteiger partial charge in [0.15, 0.2) is 17.3 Å². The summed E-state index contributed by atoms with van der Waals surface area (Å²) in [6.07, 6.45) is 5.63. The van der Waals surface area contributed by atoms with E-state index in [0.717, 1.165) is 32.1 Å². The van der Waals surface area contributed by atoms with Gasteiger partial charge in [0.05, 0.1) is 23.3 Å². The number of carbonyl (C=O) groups excluding carboxylic acids is 1. The molecule has 32 heavy (non-hydrogen) atoms. The molecule has 0 atom stereocenters. The molecule has 0 spiro atoms. The van der Waals surface area contributed by atoms with Gasteiger partial charge in [-0.15, -0.1) is 0 Å². The van der Waals surface area contributed by atoms with Crippen LogP contribution in [0.4, 0.5) is 9.18 Å². The molecule has 0 radical (unpaired) electrons. The van der Waals surface area contributed by atoms with E-state index in [0.29, 0.717) is 12.0 Å². The van der Waals surface area contributed by atoms with E-state index in [-0.39, 0.29) is 39.1 Å². The fourth-order valence-electron chi connectivity index (χ4n) is 3.41. The van der Waals surface area contributed by atoms with Crippen LogP contribution in [0.15, 0.2) is 18.2 Å². The number of ether oxygens (including phenoxy) is 2. The number of rotatable bonds is 10. The van der Waals surface area contributed by atoms with Crippen molar-refractivity contribution in [3.63, 3.8) is 0 Å². The Balaban J connectivity index is 2.45. The second kappa shape index (κ2) is 12.5. The lowest BCUT2D eigenvalue weighted by atomic mass is 9.93. The summed E-state index contributed by atoms with van der Waals surface area (Å²) in [5.41, 5.74) is 0.0269. The first-order valence-corrected chi connectivity index (χ1v) is 11.4. The third-order valence-electron chi connectivity index (χ3n) is 4.96. The molecule has 0 amide bonds. The van der Waals surface area contributed by atoms with Gasteiger partial charge in [-0.3, -0.25) is 0 Å². The smallest absolute Gasteiger partial charge is 0.505 e. The molecule has 0 saturated carbocycles. The summed E-state index contributed by atoms with van der Waals surface area (Å²) in [4.78, 5) is 11.9. The van der Waals surface area contributed by atoms with Gasteiger partial charge < -0.3 is 14.6 Å². The average Bonchev–Trinajstić information content (AvgIpc) is 2.75. The quantitative estimate of drug-likeness (QED) is 0.212. The molecule has 0 saturated heterocycles. The van der Waals surface area contributed by atoms with Crippen molar-refractivity contribution >= 4 is 29.4 Å². The number of halogens is 3. The number of carbonyl (C=O) groups is 1. The highest BCUT2D eigenvalue weighted by Crippen LogP contribution is 2.44. The van der Waals surface area contributed by atoms with Gasteiger partial charge in [0.1, 0.15) is 0 Å². The van der Waals surface area contributed by atoms with E-state index < -0.39 is 17.7 Å². The zero-order valence-corrected chi connectivity index (χ0v) is 19.7.